The molecule has 2 amide bonds. The fraction of sp³-hybridized carbons (Fsp3) is 0.235. The third-order valence-corrected chi connectivity index (χ3v) is 3.69. The smallest absolute Gasteiger partial charge is 0.288 e. The number of nitrogens with zero attached hydrogens (tertiary/aromatic N) is 2. The van der Waals surface area contributed by atoms with Gasteiger partial charge in [0.1, 0.15) is 5.69 Å². The summed E-state index contributed by atoms with van der Waals surface area (Å²) in [6.45, 7) is 3.10. The molecule has 0 radical (unpaired) electrons. The minimum atomic E-state index is -0.464. The number of morpholine rings is 1. The minimum absolute atomic E-state index is 0.237. The monoisotopic (exact) mass is 326 g/mol. The van der Waals surface area contributed by atoms with Crippen molar-refractivity contribution in [2.45, 2.75) is 0 Å². The van der Waals surface area contributed by atoms with Crippen molar-refractivity contribution in [3.8, 4) is 0 Å². The van der Waals surface area contributed by atoms with Crippen LogP contribution in [0, 0.1) is 0 Å². The molecule has 1 fully saturated rings. The molecule has 7 heteroatoms. The van der Waals surface area contributed by atoms with Gasteiger partial charge in [0.2, 0.25) is 0 Å². The van der Waals surface area contributed by atoms with E-state index in [9.17, 15) is 9.59 Å². The molecule has 2 aromatic rings. The van der Waals surface area contributed by atoms with E-state index in [0.29, 0.717) is 18.8 Å². The van der Waals surface area contributed by atoms with E-state index in [-0.39, 0.29) is 11.6 Å². The quantitative estimate of drug-likeness (QED) is 0.822. The number of carbonyl (C=O) groups is 2. The first kappa shape index (κ1) is 15.9. The second kappa shape index (κ2) is 7.56. The van der Waals surface area contributed by atoms with Crippen LogP contribution in [0.15, 0.2) is 48.7 Å². The molecule has 0 spiro atoms. The summed E-state index contributed by atoms with van der Waals surface area (Å²) >= 11 is 0. The number of amides is 2. The molecular weight excluding hydrogens is 308 g/mol. The number of hydrogen-bond donors (Lipinski definition) is 2. The zero-order valence-corrected chi connectivity index (χ0v) is 13.1. The summed E-state index contributed by atoms with van der Waals surface area (Å²) < 4.78 is 5.32. The summed E-state index contributed by atoms with van der Waals surface area (Å²) in [5.74, 6) is -0.846. The van der Waals surface area contributed by atoms with Crippen LogP contribution in [0.2, 0.25) is 0 Å². The lowest BCUT2D eigenvalue weighted by Gasteiger charge is -2.28. The highest BCUT2D eigenvalue weighted by molar-refractivity contribution is 5.98. The zero-order valence-electron chi connectivity index (χ0n) is 13.1. The molecule has 124 valence electrons. The molecule has 7 nitrogen and oxygen atoms in total. The van der Waals surface area contributed by atoms with Crippen LogP contribution in [-0.2, 0) is 4.74 Å². The topological polar surface area (TPSA) is 83.6 Å². The van der Waals surface area contributed by atoms with Crippen LogP contribution in [0.4, 0.5) is 5.69 Å². The standard InChI is InChI=1S/C17H18N4O3/c22-16(19-20-17(23)15-3-1-2-8-18-15)13-4-6-14(7-5-13)21-9-11-24-12-10-21/h1-8H,9-12H2,(H,19,22)(H,20,23). The van der Waals surface area contributed by atoms with Gasteiger partial charge in [-0.3, -0.25) is 25.4 Å². The highest BCUT2D eigenvalue weighted by Crippen LogP contribution is 2.16. The van der Waals surface area contributed by atoms with E-state index in [4.69, 9.17) is 4.74 Å². The Bertz CT molecular complexity index is 698. The number of hydrogen-bond acceptors (Lipinski definition) is 5. The van der Waals surface area contributed by atoms with Crippen molar-refractivity contribution in [3.63, 3.8) is 0 Å². The Morgan fingerprint density at radius 3 is 2.33 bits per heavy atom. The van der Waals surface area contributed by atoms with E-state index in [2.05, 4.69) is 20.7 Å². The lowest BCUT2D eigenvalue weighted by molar-refractivity contribution is 0.0844. The van der Waals surface area contributed by atoms with Crippen molar-refractivity contribution in [2.75, 3.05) is 31.2 Å². The molecule has 3 rings (SSSR count). The Labute approximate surface area is 139 Å². The highest BCUT2D eigenvalue weighted by Gasteiger charge is 2.13. The summed E-state index contributed by atoms with van der Waals surface area (Å²) in [6.07, 6.45) is 1.51. The van der Waals surface area contributed by atoms with Crippen LogP contribution >= 0.6 is 0 Å². The fourth-order valence-corrected chi connectivity index (χ4v) is 2.39. The second-order valence-electron chi connectivity index (χ2n) is 5.27. The molecule has 1 aliphatic heterocycles. The number of aromatic nitrogens is 1. The summed E-state index contributed by atoms with van der Waals surface area (Å²) in [6, 6.07) is 12.2. The van der Waals surface area contributed by atoms with Crippen molar-refractivity contribution in [2.24, 2.45) is 0 Å². The van der Waals surface area contributed by atoms with Gasteiger partial charge in [0, 0.05) is 30.5 Å². The SMILES string of the molecule is O=C(NNC(=O)c1ccccn1)c1ccc(N2CCOCC2)cc1. The molecule has 2 N–H and O–H groups in total. The number of pyridine rings is 1. The molecule has 24 heavy (non-hydrogen) atoms. The van der Waals surface area contributed by atoms with Gasteiger partial charge >= 0.3 is 0 Å². The maximum Gasteiger partial charge on any atom is 0.288 e. The number of nitrogens with one attached hydrogen (secondary N) is 2. The maximum atomic E-state index is 12.1. The largest absolute Gasteiger partial charge is 0.378 e. The molecule has 0 bridgehead atoms. The van der Waals surface area contributed by atoms with Gasteiger partial charge in [-0.2, -0.15) is 0 Å². The van der Waals surface area contributed by atoms with Crippen molar-refractivity contribution >= 4 is 17.5 Å². The van der Waals surface area contributed by atoms with E-state index < -0.39 is 5.91 Å². The number of rotatable bonds is 3. The van der Waals surface area contributed by atoms with Gasteiger partial charge in [-0.25, -0.2) is 0 Å². The average molecular weight is 326 g/mol. The molecule has 0 atom stereocenters. The van der Waals surface area contributed by atoms with Crippen LogP contribution in [0.5, 0.6) is 0 Å². The van der Waals surface area contributed by atoms with Gasteiger partial charge < -0.3 is 9.64 Å². The summed E-state index contributed by atoms with van der Waals surface area (Å²) in [4.78, 5) is 30.0. The van der Waals surface area contributed by atoms with Gasteiger partial charge in [0.25, 0.3) is 11.8 Å². The van der Waals surface area contributed by atoms with Crippen molar-refractivity contribution in [1.29, 1.82) is 0 Å². The Morgan fingerprint density at radius 1 is 0.958 bits per heavy atom. The summed E-state index contributed by atoms with van der Waals surface area (Å²) in [5, 5.41) is 0. The van der Waals surface area contributed by atoms with E-state index in [1.54, 1.807) is 30.3 Å². The molecule has 1 aromatic carbocycles. The van der Waals surface area contributed by atoms with Gasteiger partial charge in [0.05, 0.1) is 13.2 Å². The third kappa shape index (κ3) is 3.88. The zero-order chi connectivity index (χ0) is 16.8. The van der Waals surface area contributed by atoms with Crippen LogP contribution in [0.25, 0.3) is 0 Å². The predicted octanol–water partition coefficient (Wildman–Crippen LogP) is 0.993. The Hall–Kier alpha value is -2.93. The first-order valence-corrected chi connectivity index (χ1v) is 7.68. The lowest BCUT2D eigenvalue weighted by Crippen LogP contribution is -2.42. The molecule has 1 aromatic heterocycles. The molecule has 2 heterocycles. The molecule has 1 aliphatic rings. The van der Waals surface area contributed by atoms with Gasteiger partial charge in [-0.05, 0) is 36.4 Å². The fourth-order valence-electron chi connectivity index (χ4n) is 2.39. The van der Waals surface area contributed by atoms with Crippen molar-refractivity contribution in [3.05, 3.63) is 59.9 Å². The lowest BCUT2D eigenvalue weighted by atomic mass is 10.2. The van der Waals surface area contributed by atoms with Crippen LogP contribution < -0.4 is 15.8 Å². The number of anilines is 1. The molecule has 0 saturated carbocycles. The molecular formula is C17H18N4O3. The van der Waals surface area contributed by atoms with E-state index >= 15 is 0 Å². The highest BCUT2D eigenvalue weighted by atomic mass is 16.5. The van der Waals surface area contributed by atoms with Crippen LogP contribution in [-0.4, -0.2) is 43.1 Å². The van der Waals surface area contributed by atoms with E-state index in [1.807, 2.05) is 12.1 Å². The average Bonchev–Trinajstić information content (AvgIpc) is 2.67. The number of ether oxygens (including phenoxy) is 1. The Balaban J connectivity index is 1.56. The van der Waals surface area contributed by atoms with Crippen LogP contribution in [0.3, 0.4) is 0 Å². The van der Waals surface area contributed by atoms with Gasteiger partial charge in [0.15, 0.2) is 0 Å². The van der Waals surface area contributed by atoms with Crippen molar-refractivity contribution < 1.29 is 14.3 Å². The normalized spacial score (nSPS) is 14.1. The number of carbonyl (C=O) groups excluding carboxylic acids is 2. The third-order valence-electron chi connectivity index (χ3n) is 3.69. The second-order valence-corrected chi connectivity index (χ2v) is 5.27. The van der Waals surface area contributed by atoms with Crippen LogP contribution in [0.1, 0.15) is 20.8 Å². The predicted molar refractivity (Wildman–Crippen MR) is 88.6 cm³/mol. The number of benzene rings is 1. The number of hydrazine groups is 1. The van der Waals surface area contributed by atoms with Crippen molar-refractivity contribution in [1.82, 2.24) is 15.8 Å². The Morgan fingerprint density at radius 2 is 1.67 bits per heavy atom. The summed E-state index contributed by atoms with van der Waals surface area (Å²) in [7, 11) is 0. The van der Waals surface area contributed by atoms with Gasteiger partial charge in [-0.1, -0.05) is 6.07 Å². The molecule has 0 unspecified atom stereocenters. The van der Waals surface area contributed by atoms with E-state index in [1.165, 1.54) is 6.20 Å². The first-order valence-electron chi connectivity index (χ1n) is 7.68. The maximum absolute atomic E-state index is 12.1. The van der Waals surface area contributed by atoms with Gasteiger partial charge in [-0.15, -0.1) is 0 Å². The summed E-state index contributed by atoms with van der Waals surface area (Å²) in [5.41, 5.74) is 6.48. The molecule has 1 saturated heterocycles. The molecule has 0 aliphatic carbocycles. The Kier molecular flexibility index (Phi) is 5.02. The minimum Gasteiger partial charge on any atom is -0.378 e. The first-order chi connectivity index (χ1) is 11.7. The van der Waals surface area contributed by atoms with E-state index in [0.717, 1.165) is 18.8 Å².